The minimum absolute atomic E-state index is 0.268. The first kappa shape index (κ1) is 12.7. The zero-order valence-corrected chi connectivity index (χ0v) is 11.3. The molecular weight excluding hydrogens is 204 g/mol. The van der Waals surface area contributed by atoms with Gasteiger partial charge in [0.1, 0.15) is 0 Å². The Morgan fingerprint density at radius 2 is 1.87 bits per heavy atom. The van der Waals surface area contributed by atoms with Crippen LogP contribution in [0, 0.1) is 13.8 Å². The summed E-state index contributed by atoms with van der Waals surface area (Å²) in [4.78, 5) is 5.82. The van der Waals surface area contributed by atoms with Gasteiger partial charge >= 0.3 is 0 Å². The molecule has 0 saturated carbocycles. The van der Waals surface area contributed by atoms with Crippen LogP contribution >= 0.6 is 11.3 Å². The van der Waals surface area contributed by atoms with Crippen LogP contribution in [-0.4, -0.2) is 10.5 Å². The molecule has 0 atom stereocenters. The van der Waals surface area contributed by atoms with Gasteiger partial charge < -0.3 is 5.32 Å². The predicted octanol–water partition coefficient (Wildman–Crippen LogP) is 3.43. The second-order valence-electron chi connectivity index (χ2n) is 4.36. The minimum atomic E-state index is 0.268. The van der Waals surface area contributed by atoms with E-state index in [1.54, 1.807) is 11.3 Å². The molecule has 15 heavy (non-hydrogen) atoms. The molecule has 0 amide bonds. The van der Waals surface area contributed by atoms with Crippen LogP contribution in [0.25, 0.3) is 0 Å². The molecule has 0 aliphatic heterocycles. The highest BCUT2D eigenvalue weighted by molar-refractivity contribution is 7.11. The maximum atomic E-state index is 4.44. The molecule has 1 N–H and O–H groups in total. The number of rotatable bonds is 5. The third kappa shape index (κ3) is 3.28. The van der Waals surface area contributed by atoms with Crippen LogP contribution in [0.1, 0.15) is 49.2 Å². The van der Waals surface area contributed by atoms with Crippen molar-refractivity contribution in [2.75, 3.05) is 0 Å². The lowest BCUT2D eigenvalue weighted by Gasteiger charge is -2.28. The van der Waals surface area contributed by atoms with Crippen molar-refractivity contribution in [1.29, 1.82) is 0 Å². The average Bonchev–Trinajstić information content (AvgIpc) is 2.54. The number of hydrogen-bond acceptors (Lipinski definition) is 3. The molecule has 3 heteroatoms. The average molecular weight is 226 g/mol. The van der Waals surface area contributed by atoms with Crippen molar-refractivity contribution < 1.29 is 0 Å². The Balaban J connectivity index is 2.60. The maximum Gasteiger partial charge on any atom is 0.0900 e. The molecule has 86 valence electrons. The third-order valence-electron chi connectivity index (χ3n) is 3.24. The quantitative estimate of drug-likeness (QED) is 0.832. The summed E-state index contributed by atoms with van der Waals surface area (Å²) in [5.74, 6) is 0. The topological polar surface area (TPSA) is 24.9 Å². The molecule has 0 bridgehead atoms. The normalized spacial score (nSPS) is 12.1. The fourth-order valence-corrected chi connectivity index (χ4v) is 2.41. The van der Waals surface area contributed by atoms with Gasteiger partial charge in [-0.1, -0.05) is 13.8 Å². The molecule has 0 saturated heterocycles. The zero-order chi connectivity index (χ0) is 11.5. The SMILES string of the molecule is CCC(C)(CC)NCc1sc(C)nc1C. The summed E-state index contributed by atoms with van der Waals surface area (Å²) in [7, 11) is 0. The Morgan fingerprint density at radius 1 is 1.27 bits per heavy atom. The van der Waals surface area contributed by atoms with E-state index in [-0.39, 0.29) is 5.54 Å². The van der Waals surface area contributed by atoms with E-state index in [2.05, 4.69) is 44.9 Å². The molecule has 0 aromatic carbocycles. The molecule has 0 radical (unpaired) electrons. The van der Waals surface area contributed by atoms with Gasteiger partial charge in [0.15, 0.2) is 0 Å². The molecule has 1 rings (SSSR count). The standard InChI is InChI=1S/C12H22N2S/c1-6-12(5,7-2)13-8-11-9(3)14-10(4)15-11/h13H,6-8H2,1-5H3. The van der Waals surface area contributed by atoms with Gasteiger partial charge in [0.25, 0.3) is 0 Å². The summed E-state index contributed by atoms with van der Waals surface area (Å²) < 4.78 is 0. The Kier molecular flexibility index (Phi) is 4.29. The fourth-order valence-electron chi connectivity index (χ4n) is 1.53. The number of hydrogen-bond donors (Lipinski definition) is 1. The highest BCUT2D eigenvalue weighted by Gasteiger charge is 2.19. The molecule has 1 aromatic rings. The molecule has 0 fully saturated rings. The Bertz CT molecular complexity index is 313. The first-order chi connectivity index (χ1) is 7.00. The zero-order valence-electron chi connectivity index (χ0n) is 10.5. The Hall–Kier alpha value is -0.410. The summed E-state index contributed by atoms with van der Waals surface area (Å²) in [5, 5.41) is 4.80. The molecule has 2 nitrogen and oxygen atoms in total. The lowest BCUT2D eigenvalue weighted by molar-refractivity contribution is 0.330. The van der Waals surface area contributed by atoms with Gasteiger partial charge in [0, 0.05) is 17.0 Å². The maximum absolute atomic E-state index is 4.44. The summed E-state index contributed by atoms with van der Waals surface area (Å²) >= 11 is 1.80. The molecule has 1 heterocycles. The predicted molar refractivity (Wildman–Crippen MR) is 67.4 cm³/mol. The molecule has 0 spiro atoms. The van der Waals surface area contributed by atoms with Crippen molar-refractivity contribution in [2.24, 2.45) is 0 Å². The van der Waals surface area contributed by atoms with Crippen molar-refractivity contribution in [1.82, 2.24) is 10.3 Å². The van der Waals surface area contributed by atoms with E-state index in [0.29, 0.717) is 0 Å². The Labute approximate surface area is 97.1 Å². The number of nitrogens with one attached hydrogen (secondary N) is 1. The minimum Gasteiger partial charge on any atom is -0.307 e. The molecular formula is C12H22N2S. The van der Waals surface area contributed by atoms with E-state index in [1.165, 1.54) is 28.4 Å². The first-order valence-corrected chi connectivity index (χ1v) is 6.50. The highest BCUT2D eigenvalue weighted by atomic mass is 32.1. The fraction of sp³-hybridized carbons (Fsp3) is 0.750. The van der Waals surface area contributed by atoms with Crippen molar-refractivity contribution in [3.8, 4) is 0 Å². The lowest BCUT2D eigenvalue weighted by Crippen LogP contribution is -2.40. The van der Waals surface area contributed by atoms with Crippen molar-refractivity contribution in [3.05, 3.63) is 15.6 Å². The molecule has 0 aliphatic carbocycles. The van der Waals surface area contributed by atoms with E-state index >= 15 is 0 Å². The second kappa shape index (κ2) is 5.08. The number of aromatic nitrogens is 1. The van der Waals surface area contributed by atoms with Crippen LogP contribution in [0.15, 0.2) is 0 Å². The van der Waals surface area contributed by atoms with Crippen LogP contribution < -0.4 is 5.32 Å². The highest BCUT2D eigenvalue weighted by Crippen LogP contribution is 2.20. The van der Waals surface area contributed by atoms with Crippen LogP contribution in [0.5, 0.6) is 0 Å². The van der Waals surface area contributed by atoms with Crippen molar-refractivity contribution in [2.45, 2.75) is 59.5 Å². The van der Waals surface area contributed by atoms with E-state index in [0.717, 1.165) is 6.54 Å². The summed E-state index contributed by atoms with van der Waals surface area (Å²) in [6, 6.07) is 0. The van der Waals surface area contributed by atoms with Gasteiger partial charge in [0.05, 0.1) is 10.7 Å². The monoisotopic (exact) mass is 226 g/mol. The number of aryl methyl sites for hydroxylation is 2. The van der Waals surface area contributed by atoms with E-state index in [4.69, 9.17) is 0 Å². The van der Waals surface area contributed by atoms with Crippen LogP contribution in [0.2, 0.25) is 0 Å². The smallest absolute Gasteiger partial charge is 0.0900 e. The van der Waals surface area contributed by atoms with Gasteiger partial charge in [-0.05, 0) is 33.6 Å². The van der Waals surface area contributed by atoms with Gasteiger partial charge in [0.2, 0.25) is 0 Å². The van der Waals surface area contributed by atoms with Gasteiger partial charge in [-0.25, -0.2) is 4.98 Å². The van der Waals surface area contributed by atoms with E-state index in [9.17, 15) is 0 Å². The van der Waals surface area contributed by atoms with Crippen molar-refractivity contribution in [3.63, 3.8) is 0 Å². The molecule has 0 aliphatic rings. The Morgan fingerprint density at radius 3 is 2.27 bits per heavy atom. The summed E-state index contributed by atoms with van der Waals surface area (Å²) in [6.45, 7) is 11.9. The first-order valence-electron chi connectivity index (χ1n) is 5.68. The van der Waals surface area contributed by atoms with Gasteiger partial charge in [-0.3, -0.25) is 0 Å². The number of nitrogens with zero attached hydrogens (tertiary/aromatic N) is 1. The summed E-state index contributed by atoms with van der Waals surface area (Å²) in [6.07, 6.45) is 2.33. The van der Waals surface area contributed by atoms with Crippen LogP contribution in [-0.2, 0) is 6.54 Å². The van der Waals surface area contributed by atoms with Crippen molar-refractivity contribution >= 4 is 11.3 Å². The number of thiazole rings is 1. The molecule has 0 unspecified atom stereocenters. The van der Waals surface area contributed by atoms with Gasteiger partial charge in [-0.15, -0.1) is 11.3 Å². The van der Waals surface area contributed by atoms with Crippen LogP contribution in [0.4, 0.5) is 0 Å². The van der Waals surface area contributed by atoms with E-state index < -0.39 is 0 Å². The lowest BCUT2D eigenvalue weighted by atomic mass is 9.95. The molecule has 1 aromatic heterocycles. The van der Waals surface area contributed by atoms with Gasteiger partial charge in [-0.2, -0.15) is 0 Å². The second-order valence-corrected chi connectivity index (χ2v) is 5.65. The summed E-state index contributed by atoms with van der Waals surface area (Å²) in [5.41, 5.74) is 1.45. The largest absolute Gasteiger partial charge is 0.307 e. The van der Waals surface area contributed by atoms with E-state index in [1.807, 2.05) is 0 Å². The van der Waals surface area contributed by atoms with Crippen LogP contribution in [0.3, 0.4) is 0 Å². The third-order valence-corrected chi connectivity index (χ3v) is 4.31.